The molecule has 16 heavy (non-hydrogen) atoms. The molecule has 0 aliphatic heterocycles. The lowest BCUT2D eigenvalue weighted by Gasteiger charge is -2.21. The molecule has 1 fully saturated rings. The van der Waals surface area contributed by atoms with E-state index in [-0.39, 0.29) is 11.8 Å². The molecule has 1 nitrogen and oxygen atoms in total. The fraction of sp³-hybridized carbons (Fsp3) is 0.500. The zero-order chi connectivity index (χ0) is 11.5. The van der Waals surface area contributed by atoms with E-state index >= 15 is 0 Å². The molecule has 1 aromatic carbocycles. The quantitative estimate of drug-likeness (QED) is 0.723. The highest BCUT2D eigenvalue weighted by Crippen LogP contribution is 2.53. The Kier molecular flexibility index (Phi) is 1.90. The van der Waals surface area contributed by atoms with Gasteiger partial charge in [-0.15, -0.1) is 0 Å². The molecule has 0 aromatic heterocycles. The number of hydrogen-bond acceptors (Lipinski definition) is 1. The number of aliphatic hydroxyl groups is 1. The standard InChI is InChI=1S/C12H11F3O/c13-12(14,15)7-1-2-8-6-3-10(9(8)5-7)11(16)4-6/h1-2,5-6,10-11,16H,3-4H2/t6-,10-,11-/m0/s1. The van der Waals surface area contributed by atoms with Gasteiger partial charge in [-0.25, -0.2) is 0 Å². The molecule has 0 unspecified atom stereocenters. The maximum absolute atomic E-state index is 12.5. The van der Waals surface area contributed by atoms with Crippen molar-refractivity contribution in [1.29, 1.82) is 0 Å². The zero-order valence-electron chi connectivity index (χ0n) is 8.46. The molecule has 0 heterocycles. The molecule has 0 radical (unpaired) electrons. The Labute approximate surface area is 90.9 Å². The number of alkyl halides is 3. The van der Waals surface area contributed by atoms with Crippen LogP contribution in [0.15, 0.2) is 18.2 Å². The Balaban J connectivity index is 2.08. The van der Waals surface area contributed by atoms with Crippen molar-refractivity contribution in [2.45, 2.75) is 37.0 Å². The number of fused-ring (bicyclic) bond motifs is 5. The monoisotopic (exact) mass is 228 g/mol. The minimum Gasteiger partial charge on any atom is -0.392 e. The predicted octanol–water partition coefficient (Wildman–Crippen LogP) is 3.04. The first-order chi connectivity index (χ1) is 7.47. The van der Waals surface area contributed by atoms with Gasteiger partial charge >= 0.3 is 6.18 Å². The van der Waals surface area contributed by atoms with Crippen LogP contribution in [0.4, 0.5) is 13.2 Å². The van der Waals surface area contributed by atoms with Gasteiger partial charge < -0.3 is 5.11 Å². The van der Waals surface area contributed by atoms with Crippen LogP contribution in [0.25, 0.3) is 0 Å². The largest absolute Gasteiger partial charge is 0.416 e. The number of halogens is 3. The number of benzene rings is 1. The van der Waals surface area contributed by atoms with Crippen molar-refractivity contribution in [2.24, 2.45) is 0 Å². The number of hydrogen-bond donors (Lipinski definition) is 1. The molecular formula is C12H11F3O. The van der Waals surface area contributed by atoms with Crippen molar-refractivity contribution in [2.75, 3.05) is 0 Å². The summed E-state index contributed by atoms with van der Waals surface area (Å²) in [6.07, 6.45) is -3.25. The van der Waals surface area contributed by atoms with Gasteiger partial charge in [0.15, 0.2) is 0 Å². The van der Waals surface area contributed by atoms with E-state index in [0.29, 0.717) is 12.0 Å². The van der Waals surface area contributed by atoms with Gasteiger partial charge in [-0.3, -0.25) is 0 Å². The van der Waals surface area contributed by atoms with Gasteiger partial charge in [0, 0.05) is 5.92 Å². The number of rotatable bonds is 0. The number of aliphatic hydroxyl groups excluding tert-OH is 1. The molecule has 2 bridgehead atoms. The summed E-state index contributed by atoms with van der Waals surface area (Å²) in [6, 6.07) is 3.93. The van der Waals surface area contributed by atoms with Crippen LogP contribution in [0.1, 0.15) is 41.4 Å². The van der Waals surface area contributed by atoms with Crippen LogP contribution in [0, 0.1) is 0 Å². The lowest BCUT2D eigenvalue weighted by atomic mass is 9.88. The summed E-state index contributed by atoms with van der Waals surface area (Å²) in [7, 11) is 0. The molecule has 86 valence electrons. The average Bonchev–Trinajstić information content (AvgIpc) is 2.73. The second-order valence-corrected chi connectivity index (χ2v) is 4.68. The first-order valence-corrected chi connectivity index (χ1v) is 5.36. The summed E-state index contributed by atoms with van der Waals surface area (Å²) in [5, 5.41) is 9.68. The fourth-order valence-corrected chi connectivity index (χ4v) is 3.05. The van der Waals surface area contributed by atoms with Gasteiger partial charge in [0.1, 0.15) is 0 Å². The van der Waals surface area contributed by atoms with E-state index in [1.807, 2.05) is 0 Å². The SMILES string of the molecule is O[C@H]1C[C@@H]2C[C@H]1c1cc(C(F)(F)F)ccc12. The summed E-state index contributed by atoms with van der Waals surface area (Å²) in [5.74, 6) is 0.180. The van der Waals surface area contributed by atoms with Crippen LogP contribution in [-0.4, -0.2) is 11.2 Å². The van der Waals surface area contributed by atoms with Crippen LogP contribution < -0.4 is 0 Å². The van der Waals surface area contributed by atoms with E-state index in [1.54, 1.807) is 6.07 Å². The summed E-state index contributed by atoms with van der Waals surface area (Å²) in [5.41, 5.74) is 1.10. The summed E-state index contributed by atoms with van der Waals surface area (Å²) in [6.45, 7) is 0. The topological polar surface area (TPSA) is 20.2 Å². The lowest BCUT2D eigenvalue weighted by Crippen LogP contribution is -2.16. The predicted molar refractivity (Wildman–Crippen MR) is 52.2 cm³/mol. The van der Waals surface area contributed by atoms with Crippen molar-refractivity contribution in [1.82, 2.24) is 0 Å². The van der Waals surface area contributed by atoms with Crippen LogP contribution >= 0.6 is 0 Å². The molecule has 2 aliphatic rings. The molecule has 2 aliphatic carbocycles. The Morgan fingerprint density at radius 2 is 1.88 bits per heavy atom. The molecule has 0 saturated heterocycles. The van der Waals surface area contributed by atoms with Crippen molar-refractivity contribution in [3.8, 4) is 0 Å². The smallest absolute Gasteiger partial charge is 0.392 e. The minimum absolute atomic E-state index is 0.0812. The average molecular weight is 228 g/mol. The Morgan fingerprint density at radius 3 is 2.56 bits per heavy atom. The third-order valence-electron chi connectivity index (χ3n) is 3.78. The Hall–Kier alpha value is -1.03. The van der Waals surface area contributed by atoms with E-state index < -0.39 is 17.8 Å². The van der Waals surface area contributed by atoms with Crippen molar-refractivity contribution >= 4 is 0 Å². The van der Waals surface area contributed by atoms with Crippen molar-refractivity contribution < 1.29 is 18.3 Å². The van der Waals surface area contributed by atoms with Crippen LogP contribution in [0.3, 0.4) is 0 Å². The van der Waals surface area contributed by atoms with Crippen molar-refractivity contribution in [3.05, 3.63) is 34.9 Å². The maximum Gasteiger partial charge on any atom is 0.416 e. The van der Waals surface area contributed by atoms with Crippen LogP contribution in [-0.2, 0) is 6.18 Å². The van der Waals surface area contributed by atoms with Gasteiger partial charge in [-0.2, -0.15) is 13.2 Å². The van der Waals surface area contributed by atoms with Crippen molar-refractivity contribution in [3.63, 3.8) is 0 Å². The van der Waals surface area contributed by atoms with Gasteiger partial charge in [0.05, 0.1) is 11.7 Å². The third kappa shape index (κ3) is 1.29. The van der Waals surface area contributed by atoms with Gasteiger partial charge in [0.25, 0.3) is 0 Å². The third-order valence-corrected chi connectivity index (χ3v) is 3.78. The summed E-state index contributed by atoms with van der Waals surface area (Å²) >= 11 is 0. The van der Waals surface area contributed by atoms with Crippen LogP contribution in [0.5, 0.6) is 0 Å². The minimum atomic E-state index is -4.29. The van der Waals surface area contributed by atoms with E-state index in [0.717, 1.165) is 18.1 Å². The van der Waals surface area contributed by atoms with E-state index in [2.05, 4.69) is 0 Å². The highest BCUT2D eigenvalue weighted by atomic mass is 19.4. The summed E-state index contributed by atoms with van der Waals surface area (Å²) < 4.78 is 37.6. The molecule has 1 N–H and O–H groups in total. The van der Waals surface area contributed by atoms with E-state index in [9.17, 15) is 18.3 Å². The zero-order valence-corrected chi connectivity index (χ0v) is 8.46. The molecule has 1 aromatic rings. The first kappa shape index (κ1) is 10.1. The normalized spacial score (nSPS) is 31.9. The summed E-state index contributed by atoms with van der Waals surface area (Å²) in [4.78, 5) is 0. The Morgan fingerprint density at radius 1 is 1.12 bits per heavy atom. The maximum atomic E-state index is 12.5. The Bertz CT molecular complexity index is 438. The second kappa shape index (κ2) is 3.00. The highest BCUT2D eigenvalue weighted by molar-refractivity contribution is 5.45. The van der Waals surface area contributed by atoms with Gasteiger partial charge in [-0.05, 0) is 42.0 Å². The van der Waals surface area contributed by atoms with Gasteiger partial charge in [0.2, 0.25) is 0 Å². The lowest BCUT2D eigenvalue weighted by molar-refractivity contribution is -0.137. The molecule has 0 spiro atoms. The second-order valence-electron chi connectivity index (χ2n) is 4.68. The first-order valence-electron chi connectivity index (χ1n) is 5.36. The molecule has 1 saturated carbocycles. The van der Waals surface area contributed by atoms with E-state index in [1.165, 1.54) is 6.07 Å². The van der Waals surface area contributed by atoms with Gasteiger partial charge in [-0.1, -0.05) is 6.07 Å². The molecule has 3 rings (SSSR count). The molecular weight excluding hydrogens is 217 g/mol. The molecule has 0 amide bonds. The molecule has 3 atom stereocenters. The fourth-order valence-electron chi connectivity index (χ4n) is 3.05. The highest BCUT2D eigenvalue weighted by Gasteiger charge is 2.44. The van der Waals surface area contributed by atoms with E-state index in [4.69, 9.17) is 0 Å². The van der Waals surface area contributed by atoms with Crippen LogP contribution in [0.2, 0.25) is 0 Å². The molecule has 4 heteroatoms.